The second kappa shape index (κ2) is 10.6. The van der Waals surface area contributed by atoms with E-state index in [0.29, 0.717) is 18.1 Å². The number of hydrogen-bond acceptors (Lipinski definition) is 2. The number of alkyl halides is 3. The summed E-state index contributed by atoms with van der Waals surface area (Å²) >= 11 is 0. The van der Waals surface area contributed by atoms with E-state index in [0.717, 1.165) is 50.8 Å². The molecule has 0 bridgehead atoms. The van der Waals surface area contributed by atoms with Crippen LogP contribution in [-0.4, -0.2) is 49.5 Å². The van der Waals surface area contributed by atoms with Crippen LogP contribution in [0.2, 0.25) is 0 Å². The highest BCUT2D eigenvalue weighted by Gasteiger charge is 2.32. The Hall–Kier alpha value is -2.69. The minimum absolute atomic E-state index is 0.121. The number of halogens is 3. The van der Waals surface area contributed by atoms with E-state index in [1.165, 1.54) is 12.5 Å². The fourth-order valence-corrected chi connectivity index (χ4v) is 4.12. The van der Waals surface area contributed by atoms with Crippen molar-refractivity contribution >= 4 is 11.9 Å². The highest BCUT2D eigenvalue weighted by molar-refractivity contribution is 5.81. The van der Waals surface area contributed by atoms with Gasteiger partial charge in [0.15, 0.2) is 5.96 Å². The van der Waals surface area contributed by atoms with Crippen molar-refractivity contribution in [2.45, 2.75) is 50.7 Å². The fraction of sp³-hybridized carbons (Fsp3) is 0.565. The summed E-state index contributed by atoms with van der Waals surface area (Å²) in [5.74, 6) is 6.59. The van der Waals surface area contributed by atoms with Crippen LogP contribution in [0, 0.1) is 17.8 Å². The van der Waals surface area contributed by atoms with Crippen LogP contribution in [0.4, 0.5) is 13.2 Å². The van der Waals surface area contributed by atoms with Crippen molar-refractivity contribution < 1.29 is 18.0 Å². The highest BCUT2D eigenvalue weighted by atomic mass is 19.4. The number of hydrogen-bond donors (Lipinski definition) is 2. The zero-order valence-corrected chi connectivity index (χ0v) is 17.8. The number of carbonyl (C=O) groups excluding carboxylic acids is 1. The molecule has 0 spiro atoms. The lowest BCUT2D eigenvalue weighted by molar-refractivity contribution is -0.137. The molecule has 1 aromatic carbocycles. The van der Waals surface area contributed by atoms with Crippen molar-refractivity contribution in [2.24, 2.45) is 10.9 Å². The SMILES string of the molecule is CN=C(NCC#Cc1cccc(C(F)(F)F)c1)NC1CCN(C(=O)C2CCCCC2)C1. The zero-order valence-electron chi connectivity index (χ0n) is 17.8. The third-order valence-corrected chi connectivity index (χ3v) is 5.79. The lowest BCUT2D eigenvalue weighted by Crippen LogP contribution is -2.45. The topological polar surface area (TPSA) is 56.7 Å². The molecule has 1 atom stereocenters. The van der Waals surface area contributed by atoms with Gasteiger partial charge < -0.3 is 15.5 Å². The van der Waals surface area contributed by atoms with Crippen LogP contribution < -0.4 is 10.6 Å². The number of likely N-dealkylation sites (tertiary alicyclic amines) is 1. The summed E-state index contributed by atoms with van der Waals surface area (Å²) in [6.07, 6.45) is 1.99. The van der Waals surface area contributed by atoms with Gasteiger partial charge in [-0.25, -0.2) is 0 Å². The van der Waals surface area contributed by atoms with Crippen LogP contribution in [0.5, 0.6) is 0 Å². The zero-order chi connectivity index (χ0) is 22.3. The molecule has 1 aliphatic heterocycles. The second-order valence-electron chi connectivity index (χ2n) is 8.06. The average Bonchev–Trinajstić information content (AvgIpc) is 3.24. The van der Waals surface area contributed by atoms with Crippen molar-refractivity contribution in [1.29, 1.82) is 0 Å². The summed E-state index contributed by atoms with van der Waals surface area (Å²) < 4.78 is 38.3. The number of rotatable bonds is 3. The molecule has 1 saturated heterocycles. The van der Waals surface area contributed by atoms with Gasteiger partial charge in [-0.2, -0.15) is 13.2 Å². The molecule has 2 N–H and O–H groups in total. The number of nitrogens with zero attached hydrogens (tertiary/aromatic N) is 2. The van der Waals surface area contributed by atoms with Gasteiger partial charge in [0.05, 0.1) is 12.1 Å². The average molecular weight is 435 g/mol. The molecule has 1 amide bonds. The van der Waals surface area contributed by atoms with Crippen molar-refractivity contribution in [3.8, 4) is 11.8 Å². The smallest absolute Gasteiger partial charge is 0.352 e. The van der Waals surface area contributed by atoms with Crippen LogP contribution in [0.1, 0.15) is 49.7 Å². The molecule has 2 aliphatic rings. The Kier molecular flexibility index (Phi) is 7.83. The van der Waals surface area contributed by atoms with E-state index in [9.17, 15) is 18.0 Å². The Morgan fingerprint density at radius 2 is 2.00 bits per heavy atom. The number of carbonyl (C=O) groups is 1. The van der Waals surface area contributed by atoms with Gasteiger partial charge in [-0.05, 0) is 37.5 Å². The molecule has 8 heteroatoms. The summed E-state index contributed by atoms with van der Waals surface area (Å²) in [5.41, 5.74) is -0.398. The van der Waals surface area contributed by atoms with Crippen molar-refractivity contribution in [3.05, 3.63) is 35.4 Å². The minimum atomic E-state index is -4.38. The van der Waals surface area contributed by atoms with E-state index in [2.05, 4.69) is 27.5 Å². The van der Waals surface area contributed by atoms with E-state index in [1.807, 2.05) is 4.90 Å². The minimum Gasteiger partial charge on any atom is -0.352 e. The Labute approximate surface area is 181 Å². The quantitative estimate of drug-likeness (QED) is 0.436. The van der Waals surface area contributed by atoms with Gasteiger partial charge in [0, 0.05) is 37.7 Å². The van der Waals surface area contributed by atoms with E-state index in [4.69, 9.17) is 0 Å². The summed E-state index contributed by atoms with van der Waals surface area (Å²) in [4.78, 5) is 18.8. The molecule has 168 valence electrons. The maximum atomic E-state index is 12.8. The van der Waals surface area contributed by atoms with Gasteiger partial charge in [-0.15, -0.1) is 0 Å². The maximum Gasteiger partial charge on any atom is 0.416 e. The van der Waals surface area contributed by atoms with Gasteiger partial charge >= 0.3 is 6.18 Å². The van der Waals surface area contributed by atoms with Gasteiger partial charge in [0.2, 0.25) is 5.91 Å². The van der Waals surface area contributed by atoms with Gasteiger partial charge in [0.1, 0.15) is 0 Å². The van der Waals surface area contributed by atoms with Crippen molar-refractivity contribution in [3.63, 3.8) is 0 Å². The molecule has 2 fully saturated rings. The predicted molar refractivity (Wildman–Crippen MR) is 114 cm³/mol. The lowest BCUT2D eigenvalue weighted by Gasteiger charge is -2.26. The van der Waals surface area contributed by atoms with Crippen molar-refractivity contribution in [1.82, 2.24) is 15.5 Å². The van der Waals surface area contributed by atoms with E-state index < -0.39 is 11.7 Å². The lowest BCUT2D eigenvalue weighted by atomic mass is 9.88. The number of benzene rings is 1. The fourth-order valence-electron chi connectivity index (χ4n) is 4.12. The second-order valence-corrected chi connectivity index (χ2v) is 8.06. The first kappa shape index (κ1) is 23.0. The molecule has 1 heterocycles. The van der Waals surface area contributed by atoms with Crippen LogP contribution in [0.3, 0.4) is 0 Å². The largest absolute Gasteiger partial charge is 0.416 e. The number of nitrogens with one attached hydrogen (secondary N) is 2. The Morgan fingerprint density at radius 1 is 1.23 bits per heavy atom. The van der Waals surface area contributed by atoms with Gasteiger partial charge in [-0.3, -0.25) is 9.79 Å². The third-order valence-electron chi connectivity index (χ3n) is 5.79. The maximum absolute atomic E-state index is 12.8. The highest BCUT2D eigenvalue weighted by Crippen LogP contribution is 2.29. The van der Waals surface area contributed by atoms with E-state index >= 15 is 0 Å². The number of guanidine groups is 1. The van der Waals surface area contributed by atoms with Crippen LogP contribution in [-0.2, 0) is 11.0 Å². The summed E-state index contributed by atoms with van der Waals surface area (Å²) in [6, 6.07) is 5.08. The van der Waals surface area contributed by atoms with E-state index in [-0.39, 0.29) is 24.4 Å². The van der Waals surface area contributed by atoms with Crippen LogP contribution >= 0.6 is 0 Å². The van der Waals surface area contributed by atoms with E-state index in [1.54, 1.807) is 13.1 Å². The van der Waals surface area contributed by atoms with Crippen LogP contribution in [0.15, 0.2) is 29.3 Å². The molecule has 31 heavy (non-hydrogen) atoms. The molecule has 1 aliphatic carbocycles. The van der Waals surface area contributed by atoms with Gasteiger partial charge in [-0.1, -0.05) is 37.2 Å². The summed E-state index contributed by atoms with van der Waals surface area (Å²) in [5, 5.41) is 6.37. The summed E-state index contributed by atoms with van der Waals surface area (Å²) in [7, 11) is 1.65. The molecule has 3 rings (SSSR count). The Morgan fingerprint density at radius 3 is 2.71 bits per heavy atom. The molecular weight excluding hydrogens is 405 g/mol. The van der Waals surface area contributed by atoms with Crippen LogP contribution in [0.25, 0.3) is 0 Å². The monoisotopic (exact) mass is 434 g/mol. The number of aliphatic imine (C=N–C) groups is 1. The molecule has 0 aromatic heterocycles. The Bertz CT molecular complexity index is 850. The predicted octanol–water partition coefficient (Wildman–Crippen LogP) is 3.40. The first-order chi connectivity index (χ1) is 14.9. The van der Waals surface area contributed by atoms with Crippen molar-refractivity contribution in [2.75, 3.05) is 26.7 Å². The molecular formula is C23H29F3N4O. The summed E-state index contributed by atoms with van der Waals surface area (Å²) in [6.45, 7) is 1.65. The third kappa shape index (κ3) is 6.65. The number of amides is 1. The molecule has 1 unspecified atom stereocenters. The normalized spacial score (nSPS) is 20.2. The molecule has 1 saturated carbocycles. The molecule has 5 nitrogen and oxygen atoms in total. The molecule has 0 radical (unpaired) electrons. The standard InChI is InChI=1S/C23H29F3N4O/c1-27-22(28-13-6-8-17-7-5-11-19(15-17)23(24,25)26)29-20-12-14-30(16-20)21(31)18-9-3-2-4-10-18/h5,7,11,15,18,20H,2-4,9-10,12-14,16H2,1H3,(H2,27,28,29). The molecule has 1 aromatic rings. The Balaban J connectivity index is 1.46. The van der Waals surface area contributed by atoms with Gasteiger partial charge in [0.25, 0.3) is 0 Å². The first-order valence-electron chi connectivity index (χ1n) is 10.8. The first-order valence-corrected chi connectivity index (χ1v) is 10.8.